The van der Waals surface area contributed by atoms with Crippen molar-refractivity contribution in [2.24, 2.45) is 0 Å². The van der Waals surface area contributed by atoms with Crippen molar-refractivity contribution < 1.29 is 19.1 Å². The molecule has 3 aromatic rings. The van der Waals surface area contributed by atoms with Crippen molar-refractivity contribution in [3.8, 4) is 0 Å². The van der Waals surface area contributed by atoms with Crippen LogP contribution in [0.15, 0.2) is 33.9 Å². The molecule has 0 bridgehead atoms. The number of aromatic nitrogens is 2. The summed E-state index contributed by atoms with van der Waals surface area (Å²) in [6.07, 6.45) is 0.533. The van der Waals surface area contributed by atoms with E-state index in [0.717, 1.165) is 27.0 Å². The lowest BCUT2D eigenvalue weighted by molar-refractivity contribution is -0.155. The maximum absolute atomic E-state index is 13.4. The standard InChI is InChI=1S/C25H30N2O6S.C2H6/c1-7-32-23(30)20-16(3)19-21(29)27(14-18(28)33-25(4,5)6)24(31)26(22(19)34-20)13-12-17-10-8-15(2)9-11-17;1-2/h8-11H,7,12-14H2,1-6H3;1-2H3. The molecule has 0 aliphatic rings. The van der Waals surface area contributed by atoms with Gasteiger partial charge in [0.25, 0.3) is 5.56 Å². The van der Waals surface area contributed by atoms with E-state index < -0.39 is 35.3 Å². The van der Waals surface area contributed by atoms with Crippen molar-refractivity contribution in [2.45, 2.75) is 80.5 Å². The minimum absolute atomic E-state index is 0.190. The number of ether oxygens (including phenoxy) is 2. The summed E-state index contributed by atoms with van der Waals surface area (Å²) in [6, 6.07) is 7.95. The highest BCUT2D eigenvalue weighted by molar-refractivity contribution is 7.20. The van der Waals surface area contributed by atoms with Crippen molar-refractivity contribution in [2.75, 3.05) is 6.61 Å². The number of esters is 2. The van der Waals surface area contributed by atoms with Gasteiger partial charge in [-0.3, -0.25) is 14.2 Å². The van der Waals surface area contributed by atoms with E-state index in [0.29, 0.717) is 16.8 Å². The van der Waals surface area contributed by atoms with Gasteiger partial charge in [0.05, 0.1) is 12.0 Å². The van der Waals surface area contributed by atoms with Crippen LogP contribution < -0.4 is 11.2 Å². The van der Waals surface area contributed by atoms with E-state index >= 15 is 0 Å². The third-order valence-corrected chi connectivity index (χ3v) is 6.50. The van der Waals surface area contributed by atoms with Crippen LogP contribution in [0.2, 0.25) is 0 Å². The van der Waals surface area contributed by atoms with Crippen molar-refractivity contribution in [1.29, 1.82) is 0 Å². The Morgan fingerprint density at radius 1 is 1.00 bits per heavy atom. The zero-order valence-electron chi connectivity index (χ0n) is 22.4. The lowest BCUT2D eigenvalue weighted by Gasteiger charge is -2.20. The number of hydrogen-bond donors (Lipinski definition) is 0. The molecule has 36 heavy (non-hydrogen) atoms. The first-order valence-corrected chi connectivity index (χ1v) is 13.0. The summed E-state index contributed by atoms with van der Waals surface area (Å²) >= 11 is 1.06. The van der Waals surface area contributed by atoms with Gasteiger partial charge >= 0.3 is 17.6 Å². The summed E-state index contributed by atoms with van der Waals surface area (Å²) in [5.41, 5.74) is 0.584. The lowest BCUT2D eigenvalue weighted by atomic mass is 10.1. The van der Waals surface area contributed by atoms with E-state index in [1.54, 1.807) is 34.6 Å². The molecule has 0 saturated carbocycles. The fourth-order valence-corrected chi connectivity index (χ4v) is 4.83. The van der Waals surface area contributed by atoms with Gasteiger partial charge in [-0.05, 0) is 59.1 Å². The summed E-state index contributed by atoms with van der Waals surface area (Å²) in [5.74, 6) is -1.23. The smallest absolute Gasteiger partial charge is 0.348 e. The largest absolute Gasteiger partial charge is 0.462 e. The molecule has 2 heterocycles. The third kappa shape index (κ3) is 6.72. The number of thiophene rings is 1. The molecule has 0 radical (unpaired) electrons. The first-order valence-electron chi connectivity index (χ1n) is 12.1. The van der Waals surface area contributed by atoms with Crippen LogP contribution in [0.3, 0.4) is 0 Å². The molecule has 0 N–H and O–H groups in total. The normalized spacial score (nSPS) is 11.1. The molecule has 0 saturated heterocycles. The lowest BCUT2D eigenvalue weighted by Crippen LogP contribution is -2.42. The quantitative estimate of drug-likeness (QED) is 0.425. The predicted molar refractivity (Wildman–Crippen MR) is 143 cm³/mol. The van der Waals surface area contributed by atoms with Gasteiger partial charge in [0.15, 0.2) is 0 Å². The highest BCUT2D eigenvalue weighted by Gasteiger charge is 2.25. The van der Waals surface area contributed by atoms with Crippen LogP contribution in [0.1, 0.15) is 67.9 Å². The molecule has 0 fully saturated rings. The summed E-state index contributed by atoms with van der Waals surface area (Å²) in [4.78, 5) is 52.4. The fourth-order valence-electron chi connectivity index (χ4n) is 3.62. The van der Waals surface area contributed by atoms with E-state index in [1.807, 2.05) is 45.0 Å². The van der Waals surface area contributed by atoms with Crippen LogP contribution in [0.4, 0.5) is 0 Å². The number of benzene rings is 1. The van der Waals surface area contributed by atoms with E-state index in [1.165, 1.54) is 4.57 Å². The second-order valence-electron chi connectivity index (χ2n) is 9.10. The second-order valence-corrected chi connectivity index (χ2v) is 10.1. The Bertz CT molecular complexity index is 1340. The van der Waals surface area contributed by atoms with Gasteiger partial charge < -0.3 is 9.47 Å². The van der Waals surface area contributed by atoms with E-state index in [9.17, 15) is 19.2 Å². The number of hydrogen-bond acceptors (Lipinski definition) is 7. The Hall–Kier alpha value is -3.20. The molecular weight excluding hydrogens is 480 g/mol. The molecule has 0 atom stereocenters. The van der Waals surface area contributed by atoms with Gasteiger partial charge in [-0.1, -0.05) is 43.7 Å². The van der Waals surface area contributed by atoms with Gasteiger partial charge in [0.1, 0.15) is 21.9 Å². The Balaban J connectivity index is 0.00000222. The molecule has 0 unspecified atom stereocenters. The Morgan fingerprint density at radius 2 is 1.61 bits per heavy atom. The molecular formula is C27H36N2O6S. The van der Waals surface area contributed by atoms with Crippen molar-refractivity contribution in [1.82, 2.24) is 9.13 Å². The summed E-state index contributed by atoms with van der Waals surface area (Å²) < 4.78 is 12.8. The van der Waals surface area contributed by atoms with Crippen LogP contribution in [0.25, 0.3) is 10.2 Å². The zero-order valence-corrected chi connectivity index (χ0v) is 23.2. The Morgan fingerprint density at radius 3 is 2.17 bits per heavy atom. The minimum Gasteiger partial charge on any atom is -0.462 e. The molecule has 196 valence electrons. The monoisotopic (exact) mass is 516 g/mol. The number of carbonyl (C=O) groups excluding carboxylic acids is 2. The molecule has 0 amide bonds. The molecule has 0 aliphatic carbocycles. The van der Waals surface area contributed by atoms with Crippen LogP contribution in [0.5, 0.6) is 0 Å². The second kappa shape index (κ2) is 12.2. The summed E-state index contributed by atoms with van der Waals surface area (Å²) in [5, 5.41) is 0.236. The maximum atomic E-state index is 13.4. The molecule has 1 aromatic carbocycles. The van der Waals surface area contributed by atoms with E-state index in [-0.39, 0.29) is 23.4 Å². The van der Waals surface area contributed by atoms with Gasteiger partial charge in [-0.2, -0.15) is 0 Å². The predicted octanol–water partition coefficient (Wildman–Crippen LogP) is 4.63. The molecule has 3 rings (SSSR count). The zero-order chi connectivity index (χ0) is 27.2. The van der Waals surface area contributed by atoms with Gasteiger partial charge in [-0.25, -0.2) is 14.2 Å². The van der Waals surface area contributed by atoms with Crippen LogP contribution >= 0.6 is 11.3 Å². The van der Waals surface area contributed by atoms with Crippen LogP contribution in [-0.2, 0) is 33.8 Å². The van der Waals surface area contributed by atoms with Gasteiger partial charge in [0, 0.05) is 6.54 Å². The Kier molecular flexibility index (Phi) is 9.81. The highest BCUT2D eigenvalue weighted by Crippen LogP contribution is 2.28. The van der Waals surface area contributed by atoms with E-state index in [4.69, 9.17) is 9.47 Å². The van der Waals surface area contributed by atoms with Crippen LogP contribution in [0, 0.1) is 13.8 Å². The maximum Gasteiger partial charge on any atom is 0.348 e. The number of nitrogens with zero attached hydrogens (tertiary/aromatic N) is 2. The Labute approximate surface area is 215 Å². The highest BCUT2D eigenvalue weighted by atomic mass is 32.1. The first kappa shape index (κ1) is 29.0. The number of aryl methyl sites for hydroxylation is 4. The van der Waals surface area contributed by atoms with Crippen molar-refractivity contribution in [3.63, 3.8) is 0 Å². The van der Waals surface area contributed by atoms with E-state index in [2.05, 4.69) is 0 Å². The van der Waals surface area contributed by atoms with Crippen molar-refractivity contribution in [3.05, 3.63) is 66.7 Å². The van der Waals surface area contributed by atoms with Gasteiger partial charge in [-0.15, -0.1) is 11.3 Å². The van der Waals surface area contributed by atoms with Crippen LogP contribution in [-0.4, -0.2) is 33.3 Å². The molecule has 8 nitrogen and oxygen atoms in total. The number of carbonyl (C=O) groups is 2. The molecule has 0 aliphatic heterocycles. The number of rotatable bonds is 7. The van der Waals surface area contributed by atoms with Crippen molar-refractivity contribution >= 4 is 33.5 Å². The summed E-state index contributed by atoms with van der Waals surface area (Å²) in [7, 11) is 0. The minimum atomic E-state index is -0.759. The molecule has 9 heteroatoms. The average Bonchev–Trinajstić information content (AvgIpc) is 3.15. The first-order chi connectivity index (χ1) is 16.9. The average molecular weight is 517 g/mol. The molecule has 2 aromatic heterocycles. The third-order valence-electron chi connectivity index (χ3n) is 5.21. The van der Waals surface area contributed by atoms with Gasteiger partial charge in [0.2, 0.25) is 0 Å². The topological polar surface area (TPSA) is 96.6 Å². The number of fused-ring (bicyclic) bond motifs is 1. The SMILES string of the molecule is CC.CCOC(=O)c1sc2c(c1C)c(=O)n(CC(=O)OC(C)(C)C)c(=O)n2CCc1ccc(C)cc1. The molecule has 0 spiro atoms. The summed E-state index contributed by atoms with van der Waals surface area (Å²) in [6.45, 7) is 14.4. The fraction of sp³-hybridized carbons (Fsp3) is 0.481.